The lowest BCUT2D eigenvalue weighted by Crippen LogP contribution is -2.64. The normalized spacial score (nSPS) is 40.0. The molecule has 22 heteroatoms. The van der Waals surface area contributed by atoms with Crippen molar-refractivity contribution >= 4 is 35.4 Å². The molecule has 0 spiro atoms. The van der Waals surface area contributed by atoms with Crippen LogP contribution in [0.5, 0.6) is 0 Å². The highest BCUT2D eigenvalue weighted by molar-refractivity contribution is 6.39. The number of fused-ring (bicyclic) bond motifs is 3. The Bertz CT molecular complexity index is 2270. The molecule has 0 aromatic rings. The Kier molecular flexibility index (Phi) is 26.5. The maximum atomic E-state index is 14.6. The highest BCUT2D eigenvalue weighted by Crippen LogP contribution is 2.38. The first kappa shape index (κ1) is 68.5. The Balaban J connectivity index is 1.36. The number of hydrogen-bond donors (Lipinski definition) is 6. The molecule has 4 heterocycles. The van der Waals surface area contributed by atoms with Gasteiger partial charge < -0.3 is 78.2 Å². The number of methoxy groups -OCH3 is 3. The number of ketones is 3. The molecule has 5 rings (SSSR count). The molecule has 464 valence electrons. The second-order valence-electron chi connectivity index (χ2n) is 23.4. The van der Waals surface area contributed by atoms with Crippen LogP contribution in [0.3, 0.4) is 0 Å². The second kappa shape index (κ2) is 31.7. The van der Waals surface area contributed by atoms with Gasteiger partial charge in [-0.05, 0) is 107 Å². The molecule has 5 aliphatic rings. The lowest BCUT2D eigenvalue weighted by Gasteiger charge is -2.42. The van der Waals surface area contributed by atoms with Gasteiger partial charge in [-0.25, -0.2) is 9.59 Å². The second-order valence-corrected chi connectivity index (χ2v) is 23.4. The van der Waals surface area contributed by atoms with Crippen LogP contribution >= 0.6 is 0 Å². The summed E-state index contributed by atoms with van der Waals surface area (Å²) in [6.45, 7) is 10.5. The number of aliphatic hydroxyl groups excluding tert-OH is 5. The molecular formula is C60H93NO21. The number of cyclic esters (lactones) is 1. The van der Waals surface area contributed by atoms with Crippen LogP contribution in [0.15, 0.2) is 47.6 Å². The minimum atomic E-state index is -2.49. The number of carbonyl (C=O) groups excluding carboxylic acids is 6. The minimum Gasteiger partial charge on any atom is -0.460 e. The molecule has 0 radical (unpaired) electrons. The molecule has 4 unspecified atom stereocenters. The Morgan fingerprint density at radius 2 is 1.57 bits per heavy atom. The van der Waals surface area contributed by atoms with Crippen molar-refractivity contribution in [2.24, 2.45) is 35.5 Å². The largest absolute Gasteiger partial charge is 0.511 e. The van der Waals surface area contributed by atoms with E-state index in [1.54, 1.807) is 40.9 Å². The fourth-order valence-corrected chi connectivity index (χ4v) is 11.9. The van der Waals surface area contributed by atoms with Gasteiger partial charge in [-0.2, -0.15) is 0 Å². The maximum absolute atomic E-state index is 14.6. The monoisotopic (exact) mass is 1160 g/mol. The summed E-state index contributed by atoms with van der Waals surface area (Å²) in [6, 6.07) is -1.22. The maximum Gasteiger partial charge on any atom is 0.511 e. The highest BCUT2D eigenvalue weighted by atomic mass is 16.8. The van der Waals surface area contributed by atoms with Gasteiger partial charge in [0.1, 0.15) is 55.6 Å². The predicted molar refractivity (Wildman–Crippen MR) is 295 cm³/mol. The van der Waals surface area contributed by atoms with Crippen molar-refractivity contribution in [1.29, 1.82) is 0 Å². The van der Waals surface area contributed by atoms with E-state index >= 15 is 0 Å². The average Bonchev–Trinajstić information content (AvgIpc) is 3.66. The van der Waals surface area contributed by atoms with Gasteiger partial charge in [0.2, 0.25) is 5.79 Å². The number of ether oxygens (including phenoxy) is 9. The van der Waals surface area contributed by atoms with E-state index in [2.05, 4.69) is 0 Å². The van der Waals surface area contributed by atoms with Gasteiger partial charge in [-0.3, -0.25) is 19.2 Å². The molecule has 1 amide bonds. The third-order valence-corrected chi connectivity index (χ3v) is 17.2. The van der Waals surface area contributed by atoms with Crippen molar-refractivity contribution in [3.8, 4) is 0 Å². The number of amides is 1. The SMILES string of the molecule is CO[C@H]1C[C@@H]2CC[C@@H](C)[C@@](O)(O2)C(=O)C(=O)N2CCCCC2C(=O)O[C@H]([C@H](C)CC2CC[C@@H](OCCOC(=O)OC3(CO)OCC(O)[C@@H](O)[C@@H]3O)[C@H](OC)C2)CC(=O)[C@H](C)/C=C(\C)[C@@H](O)[C@@H](OC)C(=O)[C@H](C)C[C@H](C)/C=C/C=C/C=C/1C. The number of esters is 1. The summed E-state index contributed by atoms with van der Waals surface area (Å²) in [4.78, 5) is 85.3. The van der Waals surface area contributed by atoms with Crippen LogP contribution in [0.1, 0.15) is 126 Å². The van der Waals surface area contributed by atoms with Gasteiger partial charge in [0.15, 0.2) is 11.9 Å². The van der Waals surface area contributed by atoms with Crippen LogP contribution in [0.25, 0.3) is 0 Å². The summed E-state index contributed by atoms with van der Waals surface area (Å²) < 4.78 is 51.2. The molecule has 6 N–H and O–H groups in total. The zero-order chi connectivity index (χ0) is 60.6. The van der Waals surface area contributed by atoms with Crippen molar-refractivity contribution in [2.45, 2.75) is 204 Å². The standard InChI is InChI=1S/C60H93NO21/c1-34-16-12-11-13-17-35(2)47(74-8)30-42-21-19-40(7)60(73,81-42)55(69)56(70)61-23-15-14-18-43(61)57(71)80-48(31-44(63)36(3)27-39(6)51(66)53(76-10)50(65)38(5)26-34)37(4)28-41-20-22-46(49(29-41)75-9)77-24-25-78-58(72)82-59(33-62)54(68)52(67)45(64)32-79-59/h11-13,16-17,27,34,36-38,40-43,45-49,51-54,62,64,66-68,73H,14-15,18-26,28-33H2,1-10H3/b13-11+,16-12+,35-17+,39-27+/t34-,36-,37-,38-,40-,41?,42+,43?,45?,46-,47+,48+,49-,51-,52-,53+,54+,59?,60-/m1/s1. The molecule has 19 atom stereocenters. The quantitative estimate of drug-likeness (QED) is 0.0692. The van der Waals surface area contributed by atoms with Crippen molar-refractivity contribution in [3.63, 3.8) is 0 Å². The number of hydrogen-bond acceptors (Lipinski definition) is 21. The van der Waals surface area contributed by atoms with Crippen LogP contribution in [0.4, 0.5) is 4.79 Å². The predicted octanol–water partition coefficient (Wildman–Crippen LogP) is 4.16. The van der Waals surface area contributed by atoms with E-state index in [9.17, 15) is 59.4 Å². The van der Waals surface area contributed by atoms with Crippen LogP contribution in [-0.4, -0.2) is 204 Å². The lowest BCUT2D eigenvalue weighted by molar-refractivity contribution is -0.332. The summed E-state index contributed by atoms with van der Waals surface area (Å²) in [7, 11) is 4.44. The van der Waals surface area contributed by atoms with E-state index in [0.717, 1.165) is 10.5 Å². The summed E-state index contributed by atoms with van der Waals surface area (Å²) in [5.41, 5.74) is 1.19. The van der Waals surface area contributed by atoms with E-state index in [1.807, 2.05) is 51.2 Å². The summed E-state index contributed by atoms with van der Waals surface area (Å²) in [5, 5.41) is 63.7. The molecule has 1 aliphatic carbocycles. The Morgan fingerprint density at radius 3 is 2.26 bits per heavy atom. The van der Waals surface area contributed by atoms with Crippen LogP contribution in [0, 0.1) is 35.5 Å². The average molecular weight is 1160 g/mol. The van der Waals surface area contributed by atoms with Crippen molar-refractivity contribution in [1.82, 2.24) is 4.90 Å². The fraction of sp³-hybridized carbons (Fsp3) is 0.767. The molecule has 0 aromatic carbocycles. The number of carbonyl (C=O) groups is 6. The Morgan fingerprint density at radius 1 is 0.841 bits per heavy atom. The minimum absolute atomic E-state index is 0.0211. The van der Waals surface area contributed by atoms with Gasteiger partial charge in [0, 0.05) is 58.5 Å². The first-order chi connectivity index (χ1) is 38.8. The van der Waals surface area contributed by atoms with E-state index in [-0.39, 0.29) is 62.4 Å². The van der Waals surface area contributed by atoms with Crippen LogP contribution in [0.2, 0.25) is 0 Å². The van der Waals surface area contributed by atoms with Gasteiger partial charge in [-0.15, -0.1) is 0 Å². The number of Topliss-reactive ketones (excluding diaryl/α,β-unsaturated/α-hetero) is 3. The summed E-state index contributed by atoms with van der Waals surface area (Å²) in [5.74, 6) is -11.1. The Labute approximate surface area is 482 Å². The molecule has 0 aromatic heterocycles. The zero-order valence-corrected chi connectivity index (χ0v) is 49.6. The molecule has 4 aliphatic heterocycles. The van der Waals surface area contributed by atoms with Crippen molar-refractivity contribution in [3.05, 3.63) is 47.6 Å². The number of allylic oxidation sites excluding steroid dienone is 6. The van der Waals surface area contributed by atoms with Gasteiger partial charge in [0.25, 0.3) is 17.5 Å². The van der Waals surface area contributed by atoms with Crippen molar-refractivity contribution in [2.75, 3.05) is 54.3 Å². The fourth-order valence-electron chi connectivity index (χ4n) is 11.9. The van der Waals surface area contributed by atoms with Crippen LogP contribution in [-0.2, 0) is 66.6 Å². The van der Waals surface area contributed by atoms with Crippen LogP contribution < -0.4 is 0 Å². The summed E-state index contributed by atoms with van der Waals surface area (Å²) in [6.07, 6.45) is 3.50. The van der Waals surface area contributed by atoms with Gasteiger partial charge in [0.05, 0.1) is 37.6 Å². The van der Waals surface area contributed by atoms with E-state index in [1.165, 1.54) is 14.2 Å². The number of piperidine rings is 1. The third kappa shape index (κ3) is 17.7. The molecule has 4 fully saturated rings. The van der Waals surface area contributed by atoms with E-state index < -0.39 is 139 Å². The van der Waals surface area contributed by atoms with E-state index in [0.29, 0.717) is 63.4 Å². The zero-order valence-electron chi connectivity index (χ0n) is 49.6. The molecule has 22 nitrogen and oxygen atoms in total. The number of nitrogens with zero attached hydrogens (tertiary/aromatic N) is 1. The number of rotatable bonds is 12. The molecule has 1 saturated carbocycles. The topological polar surface area (TPSA) is 310 Å². The Hall–Kier alpha value is -4.30. The molecule has 2 bridgehead atoms. The highest BCUT2D eigenvalue weighted by Gasteiger charge is 2.55. The van der Waals surface area contributed by atoms with E-state index in [4.69, 9.17) is 42.6 Å². The lowest BCUT2D eigenvalue weighted by atomic mass is 9.78. The molecule has 82 heavy (non-hydrogen) atoms. The molecule has 3 saturated heterocycles. The molecular weight excluding hydrogens is 1070 g/mol. The summed E-state index contributed by atoms with van der Waals surface area (Å²) >= 11 is 0. The van der Waals surface area contributed by atoms with Gasteiger partial charge >= 0.3 is 12.1 Å². The first-order valence-corrected chi connectivity index (χ1v) is 29.1. The number of aliphatic hydroxyl groups is 6. The third-order valence-electron chi connectivity index (χ3n) is 17.2. The first-order valence-electron chi connectivity index (χ1n) is 29.1. The van der Waals surface area contributed by atoms with Crippen molar-refractivity contribution < 1.29 is 102 Å². The smallest absolute Gasteiger partial charge is 0.460 e. The van der Waals surface area contributed by atoms with Gasteiger partial charge in [-0.1, -0.05) is 71.1 Å².